The Morgan fingerprint density at radius 1 is 1.16 bits per heavy atom. The fourth-order valence-corrected chi connectivity index (χ4v) is 5.63. The first-order chi connectivity index (χ1) is 14.7. The van der Waals surface area contributed by atoms with Gasteiger partial charge in [-0.05, 0) is 110 Å². The minimum Gasteiger partial charge on any atom is -0.299 e. The molecule has 1 aromatic carbocycles. The zero-order chi connectivity index (χ0) is 22.4. The van der Waals surface area contributed by atoms with Crippen molar-refractivity contribution in [2.24, 2.45) is 5.92 Å². The predicted molar refractivity (Wildman–Crippen MR) is 132 cm³/mol. The number of rotatable bonds is 4. The van der Waals surface area contributed by atoms with Gasteiger partial charge in [-0.3, -0.25) is 4.79 Å². The van der Waals surface area contributed by atoms with Crippen LogP contribution >= 0.6 is 0 Å². The van der Waals surface area contributed by atoms with Crippen LogP contribution < -0.4 is 0 Å². The van der Waals surface area contributed by atoms with Crippen LogP contribution in [0, 0.1) is 19.8 Å². The van der Waals surface area contributed by atoms with Crippen molar-refractivity contribution in [1.82, 2.24) is 4.98 Å². The number of hydrogen-bond acceptors (Lipinski definition) is 2. The van der Waals surface area contributed by atoms with E-state index in [9.17, 15) is 4.79 Å². The van der Waals surface area contributed by atoms with E-state index >= 15 is 0 Å². The van der Waals surface area contributed by atoms with Crippen LogP contribution in [0.4, 0.5) is 0 Å². The smallest absolute Gasteiger partial charge is 0.140 e. The van der Waals surface area contributed by atoms with Gasteiger partial charge in [0.25, 0.3) is 0 Å². The van der Waals surface area contributed by atoms with Gasteiger partial charge >= 0.3 is 0 Å². The maximum absolute atomic E-state index is 12.5. The molecule has 0 amide bonds. The van der Waals surface area contributed by atoms with Crippen LogP contribution in [-0.4, -0.2) is 10.8 Å². The summed E-state index contributed by atoms with van der Waals surface area (Å²) in [6.45, 7) is 17.2. The molecular weight excluding hydrogens is 378 g/mol. The number of nitrogens with zero attached hydrogens (tertiary/aromatic N) is 1. The van der Waals surface area contributed by atoms with E-state index in [1.165, 1.54) is 45.2 Å². The zero-order valence-electron chi connectivity index (χ0n) is 20.0. The monoisotopic (exact) mass is 413 g/mol. The van der Waals surface area contributed by atoms with Crippen LogP contribution in [0.15, 0.2) is 35.4 Å². The average molecular weight is 414 g/mol. The Labute approximate surface area is 187 Å². The summed E-state index contributed by atoms with van der Waals surface area (Å²) < 4.78 is 0. The third-order valence-corrected chi connectivity index (χ3v) is 7.53. The van der Waals surface area contributed by atoms with Crippen LogP contribution in [0.1, 0.15) is 80.5 Å². The molecule has 1 aromatic heterocycles. The maximum atomic E-state index is 12.5. The molecule has 1 heterocycles. The van der Waals surface area contributed by atoms with Gasteiger partial charge in [0.1, 0.15) is 5.78 Å². The molecule has 2 aliphatic rings. The van der Waals surface area contributed by atoms with Crippen molar-refractivity contribution in [3.05, 3.63) is 69.0 Å². The Bertz CT molecular complexity index is 1180. The number of ketones is 1. The van der Waals surface area contributed by atoms with Crippen molar-refractivity contribution < 1.29 is 4.79 Å². The summed E-state index contributed by atoms with van der Waals surface area (Å²) in [6.07, 6.45) is 8.14. The van der Waals surface area contributed by atoms with Crippen LogP contribution in [0.3, 0.4) is 0 Å². The molecule has 2 heteroatoms. The molecule has 0 radical (unpaired) electrons. The van der Waals surface area contributed by atoms with Crippen LogP contribution in [0.25, 0.3) is 16.5 Å². The molecule has 31 heavy (non-hydrogen) atoms. The number of carbonyl (C=O) groups excluding carboxylic acids is 1. The number of Topliss-reactive ketones (excluding diaryl/α,β-unsaturated/α-hetero) is 1. The number of hydrogen-bond donors (Lipinski definition) is 0. The molecule has 1 atom stereocenters. The second kappa shape index (κ2) is 8.22. The van der Waals surface area contributed by atoms with Crippen molar-refractivity contribution in [2.75, 3.05) is 0 Å². The summed E-state index contributed by atoms with van der Waals surface area (Å²) in [4.78, 5) is 17.7. The van der Waals surface area contributed by atoms with Crippen LogP contribution in [-0.2, 0) is 24.1 Å². The molecule has 0 saturated heterocycles. The van der Waals surface area contributed by atoms with Crippen molar-refractivity contribution in [3.63, 3.8) is 0 Å². The largest absolute Gasteiger partial charge is 0.299 e. The van der Waals surface area contributed by atoms with Crippen LogP contribution in [0.5, 0.6) is 0 Å². The Morgan fingerprint density at radius 3 is 2.55 bits per heavy atom. The molecule has 0 fully saturated rings. The fourth-order valence-electron chi connectivity index (χ4n) is 5.63. The Morgan fingerprint density at radius 2 is 1.87 bits per heavy atom. The molecule has 2 nitrogen and oxygen atoms in total. The lowest BCUT2D eigenvalue weighted by Gasteiger charge is -2.26. The van der Waals surface area contributed by atoms with Gasteiger partial charge in [-0.2, -0.15) is 0 Å². The maximum Gasteiger partial charge on any atom is 0.140 e. The Kier molecular flexibility index (Phi) is 5.77. The first-order valence-corrected chi connectivity index (χ1v) is 11.8. The first-order valence-electron chi connectivity index (χ1n) is 11.8. The summed E-state index contributed by atoms with van der Waals surface area (Å²) in [5.41, 5.74) is 14.0. The van der Waals surface area contributed by atoms with E-state index in [4.69, 9.17) is 4.98 Å². The van der Waals surface area contributed by atoms with Crippen molar-refractivity contribution in [3.8, 4) is 0 Å². The normalized spacial score (nSPS) is 19.4. The van der Waals surface area contributed by atoms with Gasteiger partial charge in [0.2, 0.25) is 0 Å². The highest BCUT2D eigenvalue weighted by Gasteiger charge is 2.27. The third-order valence-electron chi connectivity index (χ3n) is 7.53. The lowest BCUT2D eigenvalue weighted by Crippen LogP contribution is -2.20. The van der Waals surface area contributed by atoms with Gasteiger partial charge in [-0.15, -0.1) is 0 Å². The minimum absolute atomic E-state index is 0.0733. The van der Waals surface area contributed by atoms with Crippen molar-refractivity contribution >= 4 is 22.3 Å². The number of pyridine rings is 1. The topological polar surface area (TPSA) is 30.0 Å². The quantitative estimate of drug-likeness (QED) is 0.531. The summed E-state index contributed by atoms with van der Waals surface area (Å²) in [5.74, 6) is 0.257. The number of benzene rings is 1. The van der Waals surface area contributed by atoms with E-state index in [0.717, 1.165) is 53.6 Å². The van der Waals surface area contributed by atoms with Gasteiger partial charge in [0, 0.05) is 17.7 Å². The molecule has 162 valence electrons. The van der Waals surface area contributed by atoms with Gasteiger partial charge in [-0.25, -0.2) is 4.98 Å². The lowest BCUT2D eigenvalue weighted by atomic mass is 9.79. The third kappa shape index (κ3) is 3.60. The highest BCUT2D eigenvalue weighted by atomic mass is 16.1. The summed E-state index contributed by atoms with van der Waals surface area (Å²) in [5, 5.41) is 1.41. The van der Waals surface area contributed by atoms with E-state index in [0.29, 0.717) is 12.2 Å². The summed E-state index contributed by atoms with van der Waals surface area (Å²) in [6, 6.07) is 2.27. The molecule has 2 aliphatic carbocycles. The average Bonchev–Trinajstić information content (AvgIpc) is 2.74. The van der Waals surface area contributed by atoms with E-state index in [1.807, 2.05) is 6.92 Å². The molecule has 0 saturated carbocycles. The Hall–Kier alpha value is -2.48. The Balaban J connectivity index is 1.97. The first kappa shape index (κ1) is 21.7. The molecule has 0 aliphatic heterocycles. The molecular formula is C29H35NO. The highest BCUT2D eigenvalue weighted by Crippen LogP contribution is 2.39. The predicted octanol–water partition coefficient (Wildman–Crippen LogP) is 7.18. The second-order valence-corrected chi connectivity index (χ2v) is 9.55. The summed E-state index contributed by atoms with van der Waals surface area (Å²) >= 11 is 0. The van der Waals surface area contributed by atoms with Gasteiger partial charge in [0.05, 0.1) is 11.2 Å². The van der Waals surface area contributed by atoms with Gasteiger partial charge in [0.15, 0.2) is 0 Å². The number of aromatic nitrogens is 1. The van der Waals surface area contributed by atoms with E-state index < -0.39 is 0 Å². The van der Waals surface area contributed by atoms with Gasteiger partial charge < -0.3 is 0 Å². The SMILES string of the molecule is C=C(C)C1=C(/C=C(\C)c2nc3cc(C)c(C)c4c3c(c2CC)CCC4)C(C)C(=O)CC1. The zero-order valence-corrected chi connectivity index (χ0v) is 20.0. The number of carbonyl (C=O) groups is 1. The minimum atomic E-state index is -0.0733. The molecule has 1 unspecified atom stereocenters. The second-order valence-electron chi connectivity index (χ2n) is 9.55. The van der Waals surface area contributed by atoms with E-state index in [-0.39, 0.29) is 5.92 Å². The van der Waals surface area contributed by atoms with Crippen molar-refractivity contribution in [1.29, 1.82) is 0 Å². The standard InChI is InChI=1S/C29H35NO/c1-8-21-24-11-9-10-23-19(6)17(4)15-26(28(23)24)30-29(21)18(5)14-25-20(7)27(31)13-12-22(25)16(2)3/h14-15,20H,2,8-13H2,1,3-7H3/b18-14+. The molecule has 0 spiro atoms. The van der Waals surface area contributed by atoms with E-state index in [2.05, 4.69) is 53.3 Å². The van der Waals surface area contributed by atoms with Crippen molar-refractivity contribution in [2.45, 2.75) is 80.1 Å². The molecule has 2 aromatic rings. The highest BCUT2D eigenvalue weighted by molar-refractivity contribution is 5.92. The van der Waals surface area contributed by atoms with Crippen LogP contribution in [0.2, 0.25) is 0 Å². The number of aryl methyl sites for hydroxylation is 3. The fraction of sp³-hybridized carbons (Fsp3) is 0.448. The van der Waals surface area contributed by atoms with E-state index in [1.54, 1.807) is 0 Å². The lowest BCUT2D eigenvalue weighted by molar-refractivity contribution is -0.121. The molecule has 4 rings (SSSR count). The molecule has 0 bridgehead atoms. The summed E-state index contributed by atoms with van der Waals surface area (Å²) in [7, 11) is 0. The number of allylic oxidation sites excluding steroid dienone is 5. The molecule has 0 N–H and O–H groups in total. The van der Waals surface area contributed by atoms with Gasteiger partial charge in [-0.1, -0.05) is 32.1 Å².